The van der Waals surface area contributed by atoms with Crippen LogP contribution in [0, 0.1) is 0 Å². The Labute approximate surface area is 218 Å². The molecule has 2 amide bonds. The molecule has 1 N–H and O–H groups in total. The van der Waals surface area contributed by atoms with Crippen LogP contribution in [0.1, 0.15) is 44.6 Å². The second kappa shape index (κ2) is 11.9. The molecule has 9 nitrogen and oxygen atoms in total. The summed E-state index contributed by atoms with van der Waals surface area (Å²) in [5.41, 5.74) is 1.33. The molecule has 0 bridgehead atoms. The highest BCUT2D eigenvalue weighted by Crippen LogP contribution is 2.36. The number of nitrogens with one attached hydrogen (secondary N) is 1. The highest BCUT2D eigenvalue weighted by Gasteiger charge is 2.33. The van der Waals surface area contributed by atoms with Crippen molar-refractivity contribution in [2.75, 3.05) is 30.4 Å². The van der Waals surface area contributed by atoms with Crippen molar-refractivity contribution in [1.29, 1.82) is 0 Å². The predicted molar refractivity (Wildman–Crippen MR) is 141 cm³/mol. The van der Waals surface area contributed by atoms with Gasteiger partial charge in [-0.3, -0.25) is 13.9 Å². The third-order valence-electron chi connectivity index (χ3n) is 6.90. The summed E-state index contributed by atoms with van der Waals surface area (Å²) in [6, 6.07) is 13.9. The van der Waals surface area contributed by atoms with E-state index in [1.807, 2.05) is 37.3 Å². The number of fused-ring (bicyclic) bond motifs is 1. The molecular formula is C27H35N3O6S. The first-order valence-electron chi connectivity index (χ1n) is 12.8. The summed E-state index contributed by atoms with van der Waals surface area (Å²) in [7, 11) is -3.81. The molecule has 10 heteroatoms. The van der Waals surface area contributed by atoms with Crippen molar-refractivity contribution >= 4 is 27.5 Å². The van der Waals surface area contributed by atoms with Crippen LogP contribution in [-0.2, 0) is 26.0 Å². The Morgan fingerprint density at radius 1 is 1.05 bits per heavy atom. The maximum absolute atomic E-state index is 13.8. The molecule has 1 saturated carbocycles. The Morgan fingerprint density at radius 3 is 2.43 bits per heavy atom. The fourth-order valence-electron chi connectivity index (χ4n) is 4.92. The number of carbonyl (C=O) groups is 2. The molecule has 200 valence electrons. The molecule has 1 heterocycles. The number of rotatable bonds is 11. The van der Waals surface area contributed by atoms with Crippen molar-refractivity contribution < 1.29 is 27.5 Å². The molecule has 1 aliphatic heterocycles. The van der Waals surface area contributed by atoms with Crippen LogP contribution < -0.4 is 19.1 Å². The van der Waals surface area contributed by atoms with Gasteiger partial charge in [-0.05, 0) is 43.4 Å². The molecule has 1 aliphatic carbocycles. The lowest BCUT2D eigenvalue weighted by atomic mass is 10.1. The average molecular weight is 530 g/mol. The molecule has 0 unspecified atom stereocenters. The third kappa shape index (κ3) is 6.74. The molecule has 0 radical (unpaired) electrons. The van der Waals surface area contributed by atoms with E-state index in [2.05, 4.69) is 5.32 Å². The van der Waals surface area contributed by atoms with Gasteiger partial charge in [-0.25, -0.2) is 8.42 Å². The Morgan fingerprint density at radius 2 is 1.76 bits per heavy atom. The lowest BCUT2D eigenvalue weighted by molar-refractivity contribution is -0.139. The van der Waals surface area contributed by atoms with Gasteiger partial charge in [0.1, 0.15) is 12.6 Å². The van der Waals surface area contributed by atoms with E-state index in [4.69, 9.17) is 9.47 Å². The minimum absolute atomic E-state index is 0.0537. The van der Waals surface area contributed by atoms with Crippen LogP contribution in [0.15, 0.2) is 48.5 Å². The maximum Gasteiger partial charge on any atom is 0.244 e. The van der Waals surface area contributed by atoms with Crippen LogP contribution in [0.3, 0.4) is 0 Å². The summed E-state index contributed by atoms with van der Waals surface area (Å²) in [5.74, 6) is 0.307. The lowest BCUT2D eigenvalue weighted by Gasteiger charge is -2.33. The van der Waals surface area contributed by atoms with Crippen LogP contribution in [0.4, 0.5) is 5.69 Å². The van der Waals surface area contributed by atoms with Gasteiger partial charge in [0.05, 0.1) is 11.9 Å². The molecule has 0 aromatic heterocycles. The minimum Gasteiger partial charge on any atom is -0.454 e. The van der Waals surface area contributed by atoms with Crippen molar-refractivity contribution in [3.05, 3.63) is 54.1 Å². The Bertz CT molecular complexity index is 1200. The van der Waals surface area contributed by atoms with Crippen molar-refractivity contribution in [1.82, 2.24) is 10.2 Å². The van der Waals surface area contributed by atoms with Gasteiger partial charge in [-0.1, -0.05) is 50.1 Å². The van der Waals surface area contributed by atoms with Gasteiger partial charge < -0.3 is 19.7 Å². The van der Waals surface area contributed by atoms with Gasteiger partial charge >= 0.3 is 0 Å². The van der Waals surface area contributed by atoms with Crippen LogP contribution in [0.25, 0.3) is 0 Å². The smallest absolute Gasteiger partial charge is 0.244 e. The average Bonchev–Trinajstić information content (AvgIpc) is 3.56. The number of anilines is 1. The first kappa shape index (κ1) is 26.8. The van der Waals surface area contributed by atoms with Crippen LogP contribution >= 0.6 is 0 Å². The topological polar surface area (TPSA) is 105 Å². The monoisotopic (exact) mass is 529 g/mol. The summed E-state index contributed by atoms with van der Waals surface area (Å²) in [6.45, 7) is 1.78. The van der Waals surface area contributed by atoms with Gasteiger partial charge in [0.15, 0.2) is 11.5 Å². The second-order valence-corrected chi connectivity index (χ2v) is 11.5. The number of benzene rings is 2. The van der Waals surface area contributed by atoms with E-state index >= 15 is 0 Å². The number of hydrogen-bond acceptors (Lipinski definition) is 6. The van der Waals surface area contributed by atoms with Crippen LogP contribution in [0.2, 0.25) is 0 Å². The highest BCUT2D eigenvalue weighted by atomic mass is 32.2. The molecule has 4 rings (SSSR count). The fraction of sp³-hybridized carbons (Fsp3) is 0.481. The Kier molecular flexibility index (Phi) is 8.58. The lowest BCUT2D eigenvalue weighted by Crippen LogP contribution is -2.54. The number of ether oxygens (including phenoxy) is 2. The van der Waals surface area contributed by atoms with Crippen molar-refractivity contribution in [2.45, 2.75) is 57.5 Å². The second-order valence-electron chi connectivity index (χ2n) is 9.54. The molecule has 0 saturated heterocycles. The quantitative estimate of drug-likeness (QED) is 0.480. The van der Waals surface area contributed by atoms with Gasteiger partial charge in [0, 0.05) is 18.7 Å². The van der Waals surface area contributed by atoms with Crippen LogP contribution in [0.5, 0.6) is 11.5 Å². The van der Waals surface area contributed by atoms with E-state index in [9.17, 15) is 18.0 Å². The number of nitrogens with zero attached hydrogens (tertiary/aromatic N) is 2. The molecule has 2 aromatic rings. The summed E-state index contributed by atoms with van der Waals surface area (Å²) in [5, 5.41) is 3.11. The first-order chi connectivity index (χ1) is 17.8. The van der Waals surface area contributed by atoms with E-state index in [-0.39, 0.29) is 25.3 Å². The molecule has 1 atom stereocenters. The van der Waals surface area contributed by atoms with E-state index in [0.29, 0.717) is 30.0 Å². The molecular weight excluding hydrogens is 494 g/mol. The number of hydrogen-bond donors (Lipinski definition) is 1. The Hall–Kier alpha value is -3.27. The zero-order chi connectivity index (χ0) is 26.4. The van der Waals surface area contributed by atoms with E-state index in [1.165, 1.54) is 4.90 Å². The number of carbonyl (C=O) groups excluding carboxylic acids is 2. The SMILES string of the molecule is CC[C@@H](C(=O)NC1CCCC1)N(CCc1ccccc1)C(=O)CN(c1ccc2c(c1)OCO2)S(C)(=O)=O. The van der Waals surface area contributed by atoms with E-state index < -0.39 is 28.5 Å². The zero-order valence-electron chi connectivity index (χ0n) is 21.4. The van der Waals surface area contributed by atoms with Crippen LogP contribution in [-0.4, -0.2) is 63.4 Å². The fourth-order valence-corrected chi connectivity index (χ4v) is 5.76. The zero-order valence-corrected chi connectivity index (χ0v) is 22.2. The summed E-state index contributed by atoms with van der Waals surface area (Å²) < 4.78 is 37.3. The normalized spacial score (nSPS) is 15.8. The molecule has 0 spiro atoms. The standard InChI is InChI=1S/C27H35N3O6S/c1-3-23(27(32)28-21-11-7-8-12-21)29(16-15-20-9-5-4-6-10-20)26(31)18-30(37(2,33)34)22-13-14-24-25(17-22)36-19-35-24/h4-6,9-10,13-14,17,21,23H,3,7-8,11-12,15-16,18-19H2,1-2H3,(H,28,32)/t23-/m0/s1. The maximum atomic E-state index is 13.8. The summed E-state index contributed by atoms with van der Waals surface area (Å²) in [6.07, 6.45) is 6.06. The first-order valence-corrected chi connectivity index (χ1v) is 14.6. The van der Waals surface area contributed by atoms with E-state index in [0.717, 1.165) is 41.8 Å². The van der Waals surface area contributed by atoms with Gasteiger partial charge in [0.2, 0.25) is 28.6 Å². The van der Waals surface area contributed by atoms with Crippen molar-refractivity contribution in [3.8, 4) is 11.5 Å². The molecule has 1 fully saturated rings. The third-order valence-corrected chi connectivity index (χ3v) is 8.04. The largest absolute Gasteiger partial charge is 0.454 e. The van der Waals surface area contributed by atoms with Gasteiger partial charge in [0.25, 0.3) is 0 Å². The number of sulfonamides is 1. The minimum atomic E-state index is -3.81. The van der Waals surface area contributed by atoms with Gasteiger partial charge in [-0.15, -0.1) is 0 Å². The molecule has 2 aliphatic rings. The summed E-state index contributed by atoms with van der Waals surface area (Å²) >= 11 is 0. The molecule has 2 aromatic carbocycles. The van der Waals surface area contributed by atoms with E-state index in [1.54, 1.807) is 18.2 Å². The summed E-state index contributed by atoms with van der Waals surface area (Å²) in [4.78, 5) is 28.6. The van der Waals surface area contributed by atoms with Crippen molar-refractivity contribution in [3.63, 3.8) is 0 Å². The predicted octanol–water partition coefficient (Wildman–Crippen LogP) is 3.09. The molecule has 37 heavy (non-hydrogen) atoms. The number of amides is 2. The highest BCUT2D eigenvalue weighted by molar-refractivity contribution is 7.92. The van der Waals surface area contributed by atoms with Crippen molar-refractivity contribution in [2.24, 2.45) is 0 Å². The van der Waals surface area contributed by atoms with Gasteiger partial charge in [-0.2, -0.15) is 0 Å². The Balaban J connectivity index is 1.58.